The SMILES string of the molecule is CCNC(=NCC(C)(C)SC)N1CCN(C(C)C(=O)N2CCCC2)CC1.I. The molecule has 2 aliphatic heterocycles. The second-order valence-corrected chi connectivity index (χ2v) is 9.38. The third-order valence-corrected chi connectivity index (χ3v) is 6.67. The van der Waals surface area contributed by atoms with Gasteiger partial charge in [0.2, 0.25) is 5.91 Å². The Morgan fingerprint density at radius 3 is 2.22 bits per heavy atom. The molecular weight excluding hydrogens is 473 g/mol. The number of halogens is 1. The molecule has 27 heavy (non-hydrogen) atoms. The summed E-state index contributed by atoms with van der Waals surface area (Å²) in [4.78, 5) is 24.2. The summed E-state index contributed by atoms with van der Waals surface area (Å²) in [6.45, 7) is 15.9. The molecule has 1 unspecified atom stereocenters. The van der Waals surface area contributed by atoms with Gasteiger partial charge in [-0.15, -0.1) is 24.0 Å². The van der Waals surface area contributed by atoms with E-state index in [1.54, 1.807) is 0 Å². The maximum absolute atomic E-state index is 12.6. The summed E-state index contributed by atoms with van der Waals surface area (Å²) >= 11 is 1.85. The van der Waals surface area contributed by atoms with Crippen LogP contribution in [-0.4, -0.2) is 96.0 Å². The summed E-state index contributed by atoms with van der Waals surface area (Å²) in [6, 6.07) is -0.00908. The van der Waals surface area contributed by atoms with Gasteiger partial charge in [-0.25, -0.2) is 0 Å². The van der Waals surface area contributed by atoms with Gasteiger partial charge in [-0.05, 0) is 46.8 Å². The molecule has 1 amide bonds. The van der Waals surface area contributed by atoms with E-state index in [1.165, 1.54) is 0 Å². The molecule has 2 rings (SSSR count). The maximum Gasteiger partial charge on any atom is 0.239 e. The quantitative estimate of drug-likeness (QED) is 0.337. The van der Waals surface area contributed by atoms with Crippen molar-refractivity contribution < 1.29 is 4.79 Å². The van der Waals surface area contributed by atoms with Gasteiger partial charge in [0.25, 0.3) is 0 Å². The third kappa shape index (κ3) is 7.27. The van der Waals surface area contributed by atoms with E-state index in [4.69, 9.17) is 4.99 Å². The first-order chi connectivity index (χ1) is 12.4. The summed E-state index contributed by atoms with van der Waals surface area (Å²) in [7, 11) is 0. The minimum Gasteiger partial charge on any atom is -0.357 e. The Kier molecular flexibility index (Phi) is 10.8. The van der Waals surface area contributed by atoms with Gasteiger partial charge in [0.1, 0.15) is 0 Å². The average molecular weight is 512 g/mol. The van der Waals surface area contributed by atoms with Crippen molar-refractivity contribution in [2.45, 2.75) is 51.3 Å². The lowest BCUT2D eigenvalue weighted by atomic mass is 10.2. The number of guanidine groups is 1. The molecule has 6 nitrogen and oxygen atoms in total. The predicted octanol–water partition coefficient (Wildman–Crippen LogP) is 2.34. The van der Waals surface area contributed by atoms with Crippen LogP contribution in [0.3, 0.4) is 0 Å². The highest BCUT2D eigenvalue weighted by Gasteiger charge is 2.30. The number of carbonyl (C=O) groups is 1. The van der Waals surface area contributed by atoms with Crippen LogP contribution >= 0.6 is 35.7 Å². The summed E-state index contributed by atoms with van der Waals surface area (Å²) in [5, 5.41) is 3.43. The molecule has 1 N–H and O–H groups in total. The van der Waals surface area contributed by atoms with Gasteiger partial charge in [0, 0.05) is 50.6 Å². The van der Waals surface area contributed by atoms with E-state index in [-0.39, 0.29) is 34.8 Å². The molecule has 2 fully saturated rings. The molecular formula is C19H38IN5OS. The Bertz CT molecular complexity index is 488. The maximum atomic E-state index is 12.6. The average Bonchev–Trinajstić information content (AvgIpc) is 3.19. The Hall–Kier alpha value is -0.220. The van der Waals surface area contributed by atoms with Crippen molar-refractivity contribution in [2.24, 2.45) is 4.99 Å². The number of likely N-dealkylation sites (tertiary alicyclic amines) is 1. The fraction of sp³-hybridized carbons (Fsp3) is 0.895. The van der Waals surface area contributed by atoms with Gasteiger partial charge in [-0.3, -0.25) is 14.7 Å². The second kappa shape index (κ2) is 11.7. The molecule has 0 aromatic carbocycles. The number of hydrogen-bond donors (Lipinski definition) is 1. The Labute approximate surface area is 186 Å². The number of carbonyl (C=O) groups excluding carboxylic acids is 1. The number of thioether (sulfide) groups is 1. The molecule has 1 atom stereocenters. The van der Waals surface area contributed by atoms with Crippen molar-refractivity contribution in [1.29, 1.82) is 0 Å². The van der Waals surface area contributed by atoms with E-state index in [0.717, 1.165) is 71.2 Å². The van der Waals surface area contributed by atoms with Gasteiger partial charge in [-0.1, -0.05) is 0 Å². The van der Waals surface area contributed by atoms with Gasteiger partial charge in [0.05, 0.1) is 12.6 Å². The van der Waals surface area contributed by atoms with E-state index in [2.05, 4.69) is 49.1 Å². The van der Waals surface area contributed by atoms with Gasteiger partial charge in [0.15, 0.2) is 5.96 Å². The van der Waals surface area contributed by atoms with Crippen molar-refractivity contribution >= 4 is 47.6 Å². The predicted molar refractivity (Wildman–Crippen MR) is 127 cm³/mol. The number of nitrogens with one attached hydrogen (secondary N) is 1. The number of nitrogens with zero attached hydrogens (tertiary/aromatic N) is 4. The molecule has 0 aromatic heterocycles. The third-order valence-electron chi connectivity index (χ3n) is 5.43. The largest absolute Gasteiger partial charge is 0.357 e. The Morgan fingerprint density at radius 1 is 1.11 bits per heavy atom. The van der Waals surface area contributed by atoms with Crippen LogP contribution in [-0.2, 0) is 4.79 Å². The summed E-state index contributed by atoms with van der Waals surface area (Å²) in [5.41, 5.74) is 0. The van der Waals surface area contributed by atoms with E-state index in [9.17, 15) is 4.79 Å². The molecule has 158 valence electrons. The molecule has 0 bridgehead atoms. The Morgan fingerprint density at radius 2 is 1.70 bits per heavy atom. The lowest BCUT2D eigenvalue weighted by Crippen LogP contribution is -2.57. The number of rotatable bonds is 6. The van der Waals surface area contributed by atoms with E-state index in [1.807, 2.05) is 16.7 Å². The highest BCUT2D eigenvalue weighted by molar-refractivity contribution is 14.0. The lowest BCUT2D eigenvalue weighted by molar-refractivity contribution is -0.135. The first-order valence-corrected chi connectivity index (χ1v) is 11.2. The zero-order valence-corrected chi connectivity index (χ0v) is 20.8. The summed E-state index contributed by atoms with van der Waals surface area (Å²) in [6.07, 6.45) is 4.45. The molecule has 0 spiro atoms. The summed E-state index contributed by atoms with van der Waals surface area (Å²) in [5.74, 6) is 1.31. The van der Waals surface area contributed by atoms with Crippen LogP contribution in [0.2, 0.25) is 0 Å². The minimum absolute atomic E-state index is 0. The van der Waals surface area contributed by atoms with Crippen LogP contribution in [0.1, 0.15) is 40.5 Å². The number of piperazine rings is 1. The van der Waals surface area contributed by atoms with Crippen molar-refractivity contribution in [3.8, 4) is 0 Å². The van der Waals surface area contributed by atoms with E-state index >= 15 is 0 Å². The molecule has 0 aliphatic carbocycles. The molecule has 0 saturated carbocycles. The van der Waals surface area contributed by atoms with Crippen LogP contribution in [0.15, 0.2) is 4.99 Å². The van der Waals surface area contributed by atoms with Gasteiger partial charge in [-0.2, -0.15) is 11.8 Å². The monoisotopic (exact) mass is 511 g/mol. The molecule has 0 radical (unpaired) electrons. The zero-order chi connectivity index (χ0) is 19.2. The fourth-order valence-electron chi connectivity index (χ4n) is 3.43. The van der Waals surface area contributed by atoms with Crippen LogP contribution < -0.4 is 5.32 Å². The highest BCUT2D eigenvalue weighted by Crippen LogP contribution is 2.21. The second-order valence-electron chi connectivity index (χ2n) is 7.87. The van der Waals surface area contributed by atoms with Crippen LogP contribution in [0, 0.1) is 0 Å². The Balaban J connectivity index is 0.00000364. The standard InChI is InChI=1S/C19H37N5OS.HI/c1-6-20-18(21-15-19(3,4)26-5)24-13-11-22(12-14-24)16(2)17(25)23-9-7-8-10-23;/h16H,6-15H2,1-5H3,(H,20,21);1H. The normalized spacial score (nSPS) is 20.4. The topological polar surface area (TPSA) is 51.2 Å². The van der Waals surface area contributed by atoms with Crippen molar-refractivity contribution in [3.05, 3.63) is 0 Å². The van der Waals surface area contributed by atoms with Crippen molar-refractivity contribution in [3.63, 3.8) is 0 Å². The molecule has 2 saturated heterocycles. The lowest BCUT2D eigenvalue weighted by Gasteiger charge is -2.39. The fourth-order valence-corrected chi connectivity index (χ4v) is 3.63. The van der Waals surface area contributed by atoms with Crippen LogP contribution in [0.25, 0.3) is 0 Å². The molecule has 8 heteroatoms. The first kappa shape index (κ1) is 24.8. The summed E-state index contributed by atoms with van der Waals surface area (Å²) < 4.78 is 0.152. The van der Waals surface area contributed by atoms with Crippen molar-refractivity contribution in [2.75, 3.05) is 58.6 Å². The van der Waals surface area contributed by atoms with Crippen molar-refractivity contribution in [1.82, 2.24) is 20.0 Å². The molecule has 2 aliphatic rings. The zero-order valence-electron chi connectivity index (χ0n) is 17.7. The first-order valence-electron chi connectivity index (χ1n) is 9.99. The highest BCUT2D eigenvalue weighted by atomic mass is 127. The smallest absolute Gasteiger partial charge is 0.239 e. The molecule has 0 aromatic rings. The number of amides is 1. The number of aliphatic imine (C=N–C) groups is 1. The molecule has 2 heterocycles. The van der Waals surface area contributed by atoms with E-state index in [0.29, 0.717) is 5.91 Å². The van der Waals surface area contributed by atoms with E-state index < -0.39 is 0 Å². The van der Waals surface area contributed by atoms with Gasteiger partial charge >= 0.3 is 0 Å². The van der Waals surface area contributed by atoms with Gasteiger partial charge < -0.3 is 15.1 Å². The minimum atomic E-state index is -0.00908. The van der Waals surface area contributed by atoms with Crippen LogP contribution in [0.4, 0.5) is 0 Å². The van der Waals surface area contributed by atoms with Crippen LogP contribution in [0.5, 0.6) is 0 Å². The number of hydrogen-bond acceptors (Lipinski definition) is 4.